The van der Waals surface area contributed by atoms with Crippen molar-refractivity contribution in [3.05, 3.63) is 111 Å². The molecule has 3 rings (SSSR count). The Hall–Kier alpha value is -3.85. The predicted octanol–water partition coefficient (Wildman–Crippen LogP) is 4.81. The number of halogens is 3. The lowest BCUT2D eigenvalue weighted by atomic mass is 9.84. The van der Waals surface area contributed by atoms with E-state index in [2.05, 4.69) is 15.3 Å². The molecule has 0 heterocycles. The largest absolute Gasteiger partial charge is 0.395 e. The molecule has 0 fully saturated rings. The molecule has 2 unspecified atom stereocenters. The van der Waals surface area contributed by atoms with Crippen molar-refractivity contribution in [3.8, 4) is 0 Å². The molecule has 0 aromatic heterocycles. The van der Waals surface area contributed by atoms with Gasteiger partial charge in [0.05, 0.1) is 6.61 Å². The van der Waals surface area contributed by atoms with Gasteiger partial charge < -0.3 is 16.2 Å². The van der Waals surface area contributed by atoms with Crippen LogP contribution in [-0.2, 0) is 11.2 Å². The second-order valence-electron chi connectivity index (χ2n) is 7.97. The van der Waals surface area contributed by atoms with Crippen molar-refractivity contribution < 1.29 is 23.1 Å². The molecule has 0 aliphatic heterocycles. The van der Waals surface area contributed by atoms with Crippen LogP contribution in [0.5, 0.6) is 0 Å². The maximum atomic E-state index is 14.6. The van der Waals surface area contributed by atoms with Crippen LogP contribution in [0.4, 0.5) is 18.9 Å². The van der Waals surface area contributed by atoms with Crippen molar-refractivity contribution in [2.45, 2.75) is 30.8 Å². The van der Waals surface area contributed by atoms with Gasteiger partial charge in [0.25, 0.3) is 0 Å². The summed E-state index contributed by atoms with van der Waals surface area (Å²) in [5, 5.41) is 15.4. The van der Waals surface area contributed by atoms with Gasteiger partial charge in [-0.15, -0.1) is 0 Å². The van der Waals surface area contributed by atoms with Crippen LogP contribution in [0.3, 0.4) is 0 Å². The summed E-state index contributed by atoms with van der Waals surface area (Å²) in [5.74, 6) is -3.58. The Morgan fingerprint density at radius 3 is 2.17 bits per heavy atom. The fraction of sp³-hybridized carbons (Fsp3) is 0.240. The van der Waals surface area contributed by atoms with Crippen LogP contribution in [0, 0.1) is 17.5 Å². The minimum Gasteiger partial charge on any atom is -0.395 e. The Morgan fingerprint density at radius 2 is 1.63 bits per heavy atom. The molecule has 35 heavy (non-hydrogen) atoms. The first kappa shape index (κ1) is 25.8. The van der Waals surface area contributed by atoms with Crippen molar-refractivity contribution >= 4 is 11.6 Å². The summed E-state index contributed by atoms with van der Waals surface area (Å²) in [6, 6.07) is 12.8. The van der Waals surface area contributed by atoms with E-state index in [0.29, 0.717) is 0 Å². The Kier molecular flexibility index (Phi) is 8.86. The number of nitrogens with two attached hydrogens (primary N) is 1. The summed E-state index contributed by atoms with van der Waals surface area (Å²) in [7, 11) is 0. The number of aliphatic hydroxyl groups is 1. The molecule has 0 bridgehead atoms. The number of benzene rings is 3. The van der Waals surface area contributed by atoms with E-state index >= 15 is 0 Å². The summed E-state index contributed by atoms with van der Waals surface area (Å²) in [6.45, 7) is -0.280. The summed E-state index contributed by atoms with van der Waals surface area (Å²) >= 11 is 0. The average Bonchev–Trinajstić information content (AvgIpc) is 2.83. The molecule has 4 N–H and O–H groups in total. The van der Waals surface area contributed by atoms with E-state index in [1.165, 1.54) is 66.7 Å². The molecule has 10 heteroatoms. The maximum absolute atomic E-state index is 14.6. The van der Waals surface area contributed by atoms with Gasteiger partial charge in [0.2, 0.25) is 5.91 Å². The van der Waals surface area contributed by atoms with Crippen molar-refractivity contribution in [3.63, 3.8) is 0 Å². The second kappa shape index (κ2) is 12.0. The van der Waals surface area contributed by atoms with Crippen molar-refractivity contribution in [1.82, 2.24) is 0 Å². The zero-order chi connectivity index (χ0) is 25.4. The first-order valence-electron chi connectivity index (χ1n) is 10.8. The molecule has 0 saturated heterocycles. The van der Waals surface area contributed by atoms with Crippen molar-refractivity contribution in [2.75, 3.05) is 11.9 Å². The number of hydrogen-bond acceptors (Lipinski definition) is 4. The number of hydrogen-bond donors (Lipinski definition) is 3. The fourth-order valence-corrected chi connectivity index (χ4v) is 3.84. The number of carbonyl (C=O) groups is 1. The molecule has 3 aromatic carbocycles. The standard InChI is InChI=1S/C25H24F3N5O2/c26-17-6-1-4-15(12-17)23(16-5-2-7-18(27)13-16)24(32-33-30)25(35)31-22-9-3-8-21(28)20(22)11-10-19(29)14-34/h1-9,12-13,19,23-24,34H,10-11,14,29H2,(H,31,35). The molecule has 1 amide bonds. The highest BCUT2D eigenvalue weighted by Gasteiger charge is 2.31. The first-order valence-corrected chi connectivity index (χ1v) is 10.8. The average molecular weight is 483 g/mol. The van der Waals surface area contributed by atoms with Crippen LogP contribution in [0.15, 0.2) is 71.8 Å². The lowest BCUT2D eigenvalue weighted by Crippen LogP contribution is -2.33. The van der Waals surface area contributed by atoms with Crippen molar-refractivity contribution in [2.24, 2.45) is 10.8 Å². The highest BCUT2D eigenvalue weighted by atomic mass is 19.1. The smallest absolute Gasteiger partial charge is 0.234 e. The lowest BCUT2D eigenvalue weighted by molar-refractivity contribution is -0.117. The highest BCUT2D eigenvalue weighted by molar-refractivity contribution is 5.96. The van der Waals surface area contributed by atoms with Crippen LogP contribution >= 0.6 is 0 Å². The second-order valence-corrected chi connectivity index (χ2v) is 7.97. The van der Waals surface area contributed by atoms with Gasteiger partial charge in [-0.3, -0.25) is 4.79 Å². The molecular formula is C25H24F3N5O2. The van der Waals surface area contributed by atoms with Crippen LogP contribution in [-0.4, -0.2) is 29.7 Å². The van der Waals surface area contributed by atoms with E-state index in [1.807, 2.05) is 0 Å². The number of anilines is 1. The molecule has 0 aliphatic carbocycles. The summed E-state index contributed by atoms with van der Waals surface area (Å²) in [4.78, 5) is 16.2. The van der Waals surface area contributed by atoms with Crippen LogP contribution in [0.1, 0.15) is 29.0 Å². The number of rotatable bonds is 10. The zero-order valence-electron chi connectivity index (χ0n) is 18.6. The third kappa shape index (κ3) is 6.60. The molecule has 0 saturated carbocycles. The molecular weight excluding hydrogens is 459 g/mol. The SMILES string of the molecule is [N-]=[N+]=NC(C(=O)Nc1cccc(F)c1CCC(N)CO)C(c1cccc(F)c1)c1cccc(F)c1. The van der Waals surface area contributed by atoms with Gasteiger partial charge in [0, 0.05) is 28.1 Å². The molecule has 7 nitrogen and oxygen atoms in total. The zero-order valence-corrected chi connectivity index (χ0v) is 18.6. The van der Waals surface area contributed by atoms with Crippen LogP contribution < -0.4 is 11.1 Å². The maximum Gasteiger partial charge on any atom is 0.234 e. The van der Waals surface area contributed by atoms with Gasteiger partial charge >= 0.3 is 0 Å². The number of nitrogens with one attached hydrogen (secondary N) is 1. The molecule has 2 atom stereocenters. The van der Waals surface area contributed by atoms with E-state index in [0.717, 1.165) is 0 Å². The number of amides is 1. The van der Waals surface area contributed by atoms with E-state index in [9.17, 15) is 23.5 Å². The van der Waals surface area contributed by atoms with Gasteiger partial charge in [0.15, 0.2) is 0 Å². The minimum absolute atomic E-state index is 0.132. The number of nitrogens with zero attached hydrogens (tertiary/aromatic N) is 3. The Bertz CT molecular complexity index is 1190. The van der Waals surface area contributed by atoms with Gasteiger partial charge in [-0.2, -0.15) is 0 Å². The summed E-state index contributed by atoms with van der Waals surface area (Å²) in [5.41, 5.74) is 15.8. The number of aliphatic hydroxyl groups excluding tert-OH is 1. The van der Waals surface area contributed by atoms with E-state index < -0.39 is 41.4 Å². The van der Waals surface area contributed by atoms with Gasteiger partial charge in [-0.05, 0) is 65.9 Å². The number of carbonyl (C=O) groups excluding carboxylic acids is 1. The van der Waals surface area contributed by atoms with E-state index in [1.54, 1.807) is 0 Å². The summed E-state index contributed by atoms with van der Waals surface area (Å²) in [6.07, 6.45) is 0.392. The van der Waals surface area contributed by atoms with Crippen molar-refractivity contribution in [1.29, 1.82) is 0 Å². The lowest BCUT2D eigenvalue weighted by Gasteiger charge is -2.25. The number of azide groups is 1. The minimum atomic E-state index is -1.46. The third-order valence-corrected chi connectivity index (χ3v) is 5.55. The molecule has 0 spiro atoms. The highest BCUT2D eigenvalue weighted by Crippen LogP contribution is 2.32. The Balaban J connectivity index is 2.02. The van der Waals surface area contributed by atoms with E-state index in [-0.39, 0.29) is 41.8 Å². The van der Waals surface area contributed by atoms with E-state index in [4.69, 9.17) is 10.8 Å². The molecule has 3 aromatic rings. The molecule has 0 radical (unpaired) electrons. The third-order valence-electron chi connectivity index (χ3n) is 5.55. The molecule has 182 valence electrons. The van der Waals surface area contributed by atoms with Crippen LogP contribution in [0.25, 0.3) is 10.4 Å². The predicted molar refractivity (Wildman–Crippen MR) is 126 cm³/mol. The normalized spacial score (nSPS) is 12.6. The quantitative estimate of drug-likeness (QED) is 0.218. The monoisotopic (exact) mass is 483 g/mol. The Labute approximate surface area is 200 Å². The van der Waals surface area contributed by atoms with Crippen LogP contribution in [0.2, 0.25) is 0 Å². The fourth-order valence-electron chi connectivity index (χ4n) is 3.84. The Morgan fingerprint density at radius 1 is 1.03 bits per heavy atom. The van der Waals surface area contributed by atoms with Gasteiger partial charge in [-0.1, -0.05) is 35.4 Å². The topological polar surface area (TPSA) is 124 Å². The van der Waals surface area contributed by atoms with Gasteiger partial charge in [-0.25, -0.2) is 13.2 Å². The summed E-state index contributed by atoms with van der Waals surface area (Å²) < 4.78 is 42.7. The van der Waals surface area contributed by atoms with Gasteiger partial charge in [0.1, 0.15) is 23.5 Å². The molecule has 0 aliphatic rings. The first-order chi connectivity index (χ1) is 16.8.